The molecule has 0 bridgehead atoms. The molecular formula is C18H22N2O2. The van der Waals surface area contributed by atoms with E-state index in [1.807, 2.05) is 58.0 Å². The van der Waals surface area contributed by atoms with E-state index < -0.39 is 0 Å². The predicted molar refractivity (Wildman–Crippen MR) is 89.5 cm³/mol. The summed E-state index contributed by atoms with van der Waals surface area (Å²) in [5, 5.41) is 5.48. The molecule has 0 aliphatic heterocycles. The summed E-state index contributed by atoms with van der Waals surface area (Å²) in [6, 6.07) is 11.4. The van der Waals surface area contributed by atoms with Gasteiger partial charge in [-0.2, -0.15) is 0 Å². The minimum atomic E-state index is -0.284. The van der Waals surface area contributed by atoms with Crippen LogP contribution in [0.2, 0.25) is 0 Å². The van der Waals surface area contributed by atoms with Crippen molar-refractivity contribution in [1.29, 1.82) is 0 Å². The van der Waals surface area contributed by atoms with Crippen molar-refractivity contribution in [2.24, 2.45) is 0 Å². The van der Waals surface area contributed by atoms with Crippen molar-refractivity contribution < 1.29 is 9.53 Å². The minimum Gasteiger partial charge on any atom is -0.473 e. The lowest BCUT2D eigenvalue weighted by Gasteiger charge is -2.14. The Balaban J connectivity index is 1.89. The maximum atomic E-state index is 11.8. The van der Waals surface area contributed by atoms with Gasteiger partial charge in [0, 0.05) is 5.69 Å². The molecule has 0 aromatic heterocycles. The maximum absolute atomic E-state index is 11.8. The van der Waals surface area contributed by atoms with E-state index in [2.05, 4.69) is 16.7 Å². The number of rotatable bonds is 4. The van der Waals surface area contributed by atoms with Crippen LogP contribution in [0.4, 0.5) is 10.5 Å². The van der Waals surface area contributed by atoms with Crippen molar-refractivity contribution in [3.63, 3.8) is 0 Å². The van der Waals surface area contributed by atoms with Crippen LogP contribution in [-0.4, -0.2) is 12.8 Å². The van der Waals surface area contributed by atoms with E-state index in [0.717, 1.165) is 28.1 Å². The fourth-order valence-electron chi connectivity index (χ4n) is 2.22. The molecule has 0 heterocycles. The molecule has 0 fully saturated rings. The highest BCUT2D eigenvalue weighted by Gasteiger charge is 2.07. The Morgan fingerprint density at radius 3 is 2.50 bits per heavy atom. The lowest BCUT2D eigenvalue weighted by atomic mass is 10.1. The minimum absolute atomic E-state index is 0.128. The SMILES string of the molecule is Cc1cccc(NC(=O)NCOc2c(C)ccc(C)c2C)c1. The fourth-order valence-corrected chi connectivity index (χ4v) is 2.22. The van der Waals surface area contributed by atoms with Gasteiger partial charge in [0.05, 0.1) is 0 Å². The molecule has 0 unspecified atom stereocenters. The Morgan fingerprint density at radius 1 is 1.05 bits per heavy atom. The summed E-state index contributed by atoms with van der Waals surface area (Å²) in [6.07, 6.45) is 0. The number of nitrogens with one attached hydrogen (secondary N) is 2. The normalized spacial score (nSPS) is 10.2. The van der Waals surface area contributed by atoms with Crippen LogP contribution in [0.15, 0.2) is 36.4 Å². The molecular weight excluding hydrogens is 276 g/mol. The van der Waals surface area contributed by atoms with Gasteiger partial charge in [0.25, 0.3) is 0 Å². The monoisotopic (exact) mass is 298 g/mol. The first-order valence-corrected chi connectivity index (χ1v) is 7.28. The molecule has 0 saturated carbocycles. The van der Waals surface area contributed by atoms with Crippen molar-refractivity contribution in [2.75, 3.05) is 12.0 Å². The smallest absolute Gasteiger partial charge is 0.321 e. The van der Waals surface area contributed by atoms with Gasteiger partial charge in [0.1, 0.15) is 5.75 Å². The second-order valence-corrected chi connectivity index (χ2v) is 5.44. The van der Waals surface area contributed by atoms with E-state index in [9.17, 15) is 4.79 Å². The van der Waals surface area contributed by atoms with Gasteiger partial charge in [-0.15, -0.1) is 0 Å². The highest BCUT2D eigenvalue weighted by molar-refractivity contribution is 5.89. The molecule has 2 aromatic carbocycles. The van der Waals surface area contributed by atoms with E-state index in [0.29, 0.717) is 0 Å². The lowest BCUT2D eigenvalue weighted by molar-refractivity contribution is 0.234. The molecule has 2 rings (SSSR count). The molecule has 4 heteroatoms. The number of carbonyl (C=O) groups is 1. The highest BCUT2D eigenvalue weighted by Crippen LogP contribution is 2.25. The van der Waals surface area contributed by atoms with Crippen LogP contribution < -0.4 is 15.4 Å². The number of hydrogen-bond donors (Lipinski definition) is 2. The lowest BCUT2D eigenvalue weighted by Crippen LogP contribution is -2.32. The summed E-state index contributed by atoms with van der Waals surface area (Å²) >= 11 is 0. The number of carbonyl (C=O) groups excluding carboxylic acids is 1. The third-order valence-electron chi connectivity index (χ3n) is 3.60. The van der Waals surface area contributed by atoms with Gasteiger partial charge in [-0.05, 0) is 62.1 Å². The van der Waals surface area contributed by atoms with Crippen LogP contribution >= 0.6 is 0 Å². The Hall–Kier alpha value is -2.49. The van der Waals surface area contributed by atoms with E-state index >= 15 is 0 Å². The summed E-state index contributed by atoms with van der Waals surface area (Å²) < 4.78 is 5.71. The quantitative estimate of drug-likeness (QED) is 0.836. The van der Waals surface area contributed by atoms with Gasteiger partial charge in [-0.3, -0.25) is 0 Å². The first-order chi connectivity index (χ1) is 10.5. The Labute approximate surface area is 131 Å². The third-order valence-corrected chi connectivity index (χ3v) is 3.60. The molecule has 22 heavy (non-hydrogen) atoms. The highest BCUT2D eigenvalue weighted by atomic mass is 16.5. The molecule has 4 nitrogen and oxygen atoms in total. The standard InChI is InChI=1S/C18H22N2O2/c1-12-6-5-7-16(10-12)20-18(21)19-11-22-17-14(3)9-8-13(2)15(17)4/h5-10H,11H2,1-4H3,(H2,19,20,21). The van der Waals surface area contributed by atoms with Crippen molar-refractivity contribution in [3.05, 3.63) is 58.7 Å². The zero-order chi connectivity index (χ0) is 16.1. The molecule has 116 valence electrons. The average molecular weight is 298 g/mol. The second-order valence-electron chi connectivity index (χ2n) is 5.44. The van der Waals surface area contributed by atoms with Crippen molar-refractivity contribution >= 4 is 11.7 Å². The molecule has 0 aliphatic carbocycles. The first-order valence-electron chi connectivity index (χ1n) is 7.28. The van der Waals surface area contributed by atoms with Crippen LogP contribution in [-0.2, 0) is 0 Å². The van der Waals surface area contributed by atoms with Crippen molar-refractivity contribution in [1.82, 2.24) is 5.32 Å². The number of urea groups is 1. The van der Waals surface area contributed by atoms with Gasteiger partial charge in [-0.25, -0.2) is 4.79 Å². The molecule has 0 atom stereocenters. The van der Waals surface area contributed by atoms with Crippen LogP contribution in [0, 0.1) is 27.7 Å². The molecule has 0 radical (unpaired) electrons. The predicted octanol–water partition coefficient (Wildman–Crippen LogP) is 4.08. The first kappa shape index (κ1) is 15.9. The maximum Gasteiger partial charge on any atom is 0.321 e. The van der Waals surface area contributed by atoms with E-state index in [-0.39, 0.29) is 12.8 Å². The molecule has 2 amide bonds. The van der Waals surface area contributed by atoms with Crippen LogP contribution in [0.5, 0.6) is 5.75 Å². The summed E-state index contributed by atoms with van der Waals surface area (Å²) in [6.45, 7) is 8.16. The van der Waals surface area contributed by atoms with Crippen molar-refractivity contribution in [3.8, 4) is 5.75 Å². The van der Waals surface area contributed by atoms with E-state index in [4.69, 9.17) is 4.74 Å². The molecule has 0 aliphatic rings. The largest absolute Gasteiger partial charge is 0.473 e. The van der Waals surface area contributed by atoms with Gasteiger partial charge >= 0.3 is 6.03 Å². The summed E-state index contributed by atoms with van der Waals surface area (Å²) in [5.41, 5.74) is 5.19. The Kier molecular flexibility index (Phi) is 5.04. The van der Waals surface area contributed by atoms with Gasteiger partial charge < -0.3 is 15.4 Å². The number of anilines is 1. The summed E-state index contributed by atoms with van der Waals surface area (Å²) in [4.78, 5) is 11.8. The van der Waals surface area contributed by atoms with Gasteiger partial charge in [0.15, 0.2) is 6.73 Å². The van der Waals surface area contributed by atoms with Crippen molar-refractivity contribution in [2.45, 2.75) is 27.7 Å². The second kappa shape index (κ2) is 6.98. The average Bonchev–Trinajstić information content (AvgIpc) is 2.47. The molecule has 2 N–H and O–H groups in total. The zero-order valence-electron chi connectivity index (χ0n) is 13.5. The van der Waals surface area contributed by atoms with E-state index in [1.165, 1.54) is 5.56 Å². The number of ether oxygens (including phenoxy) is 1. The topological polar surface area (TPSA) is 50.4 Å². The molecule has 2 aromatic rings. The summed E-state index contributed by atoms with van der Waals surface area (Å²) in [7, 11) is 0. The molecule has 0 spiro atoms. The number of aryl methyl sites for hydroxylation is 3. The number of hydrogen-bond acceptors (Lipinski definition) is 2. The van der Waals surface area contributed by atoms with Gasteiger partial charge in [-0.1, -0.05) is 24.3 Å². The van der Waals surface area contributed by atoms with Crippen LogP contribution in [0.1, 0.15) is 22.3 Å². The van der Waals surface area contributed by atoms with Gasteiger partial charge in [0.2, 0.25) is 0 Å². The zero-order valence-corrected chi connectivity index (χ0v) is 13.5. The Morgan fingerprint density at radius 2 is 1.77 bits per heavy atom. The number of amides is 2. The number of benzene rings is 2. The van der Waals surface area contributed by atoms with Crippen LogP contribution in [0.25, 0.3) is 0 Å². The van der Waals surface area contributed by atoms with Crippen LogP contribution in [0.3, 0.4) is 0 Å². The molecule has 0 saturated heterocycles. The fraction of sp³-hybridized carbons (Fsp3) is 0.278. The van der Waals surface area contributed by atoms with E-state index in [1.54, 1.807) is 0 Å². The summed E-state index contributed by atoms with van der Waals surface area (Å²) in [5.74, 6) is 0.829. The third kappa shape index (κ3) is 4.01. The Bertz CT molecular complexity index is 681.